The van der Waals surface area contributed by atoms with Crippen molar-refractivity contribution < 1.29 is 8.42 Å². The van der Waals surface area contributed by atoms with Crippen LogP contribution < -0.4 is 4.72 Å². The fourth-order valence-electron chi connectivity index (χ4n) is 3.30. The van der Waals surface area contributed by atoms with Crippen molar-refractivity contribution in [2.75, 3.05) is 0 Å². The Labute approximate surface area is 151 Å². The minimum atomic E-state index is -3.55. The Hall–Kier alpha value is -0.920. The Kier molecular flexibility index (Phi) is 4.31. The van der Waals surface area contributed by atoms with E-state index in [0.717, 1.165) is 38.7 Å². The van der Waals surface area contributed by atoms with Gasteiger partial charge in [0.2, 0.25) is 10.0 Å². The molecular formula is C18H20INO2S. The van der Waals surface area contributed by atoms with E-state index in [1.54, 1.807) is 0 Å². The third kappa shape index (κ3) is 3.19. The lowest BCUT2D eigenvalue weighted by atomic mass is 10.1. The van der Waals surface area contributed by atoms with Crippen molar-refractivity contribution in [3.63, 3.8) is 0 Å². The van der Waals surface area contributed by atoms with Crippen molar-refractivity contribution >= 4 is 32.6 Å². The molecule has 1 saturated carbocycles. The molecule has 2 aromatic carbocycles. The van der Waals surface area contributed by atoms with Gasteiger partial charge in [0.1, 0.15) is 0 Å². The maximum Gasteiger partial charge on any atom is 0.241 e. The van der Waals surface area contributed by atoms with Gasteiger partial charge in [-0.1, -0.05) is 35.9 Å². The molecule has 0 spiro atoms. The van der Waals surface area contributed by atoms with Gasteiger partial charge < -0.3 is 0 Å². The molecular weight excluding hydrogens is 421 g/mol. The molecule has 0 bridgehead atoms. The first-order valence-electron chi connectivity index (χ1n) is 7.62. The molecule has 3 rings (SSSR count). The van der Waals surface area contributed by atoms with Gasteiger partial charge in [-0.25, -0.2) is 13.1 Å². The van der Waals surface area contributed by atoms with Gasteiger partial charge in [0.15, 0.2) is 0 Å². The van der Waals surface area contributed by atoms with Crippen LogP contribution >= 0.6 is 22.6 Å². The minimum Gasteiger partial charge on any atom is -0.207 e. The molecule has 23 heavy (non-hydrogen) atoms. The minimum absolute atomic E-state index is 0.417. The van der Waals surface area contributed by atoms with E-state index in [1.165, 1.54) is 0 Å². The normalized spacial score (nSPS) is 16.3. The molecule has 0 heterocycles. The van der Waals surface area contributed by atoms with Crippen LogP contribution in [0, 0.1) is 24.3 Å². The molecule has 3 nitrogen and oxygen atoms in total. The van der Waals surface area contributed by atoms with Gasteiger partial charge in [-0.05, 0) is 79.0 Å². The molecule has 1 aliphatic carbocycles. The SMILES string of the molecule is Cc1cc(C)c(S(=O)(=O)NC2(c3ccccc3I)CC2)c(C)c1. The summed E-state index contributed by atoms with van der Waals surface area (Å²) in [5.41, 5.74) is 3.31. The first-order chi connectivity index (χ1) is 10.8. The summed E-state index contributed by atoms with van der Waals surface area (Å²) in [5, 5.41) is 0. The Balaban J connectivity index is 2.02. The Morgan fingerprint density at radius 2 is 1.61 bits per heavy atom. The summed E-state index contributed by atoms with van der Waals surface area (Å²) in [6.45, 7) is 5.71. The van der Waals surface area contributed by atoms with Crippen LogP contribution in [0.1, 0.15) is 35.1 Å². The van der Waals surface area contributed by atoms with E-state index < -0.39 is 15.6 Å². The predicted molar refractivity (Wildman–Crippen MR) is 101 cm³/mol. The highest BCUT2D eigenvalue weighted by Gasteiger charge is 2.48. The fraction of sp³-hybridized carbons (Fsp3) is 0.333. The summed E-state index contributed by atoms with van der Waals surface area (Å²) in [5.74, 6) is 0. The van der Waals surface area contributed by atoms with Crippen molar-refractivity contribution in [1.82, 2.24) is 4.72 Å². The summed E-state index contributed by atoms with van der Waals surface area (Å²) in [4.78, 5) is 0.417. The van der Waals surface area contributed by atoms with Crippen LogP contribution in [-0.2, 0) is 15.6 Å². The average molecular weight is 441 g/mol. The third-order valence-corrected chi connectivity index (χ3v) is 7.12. The van der Waals surface area contributed by atoms with Gasteiger partial charge in [0.05, 0.1) is 10.4 Å². The molecule has 1 fully saturated rings. The van der Waals surface area contributed by atoms with E-state index in [9.17, 15) is 8.42 Å². The van der Waals surface area contributed by atoms with E-state index in [-0.39, 0.29) is 0 Å². The van der Waals surface area contributed by atoms with Gasteiger partial charge >= 0.3 is 0 Å². The Bertz CT molecular complexity index is 847. The van der Waals surface area contributed by atoms with Crippen LogP contribution in [0.5, 0.6) is 0 Å². The molecule has 0 unspecified atom stereocenters. The summed E-state index contributed by atoms with van der Waals surface area (Å²) < 4.78 is 30.1. The number of aryl methyl sites for hydroxylation is 3. The second-order valence-electron chi connectivity index (χ2n) is 6.40. The fourth-order valence-corrected chi connectivity index (χ4v) is 6.10. The summed E-state index contributed by atoms with van der Waals surface area (Å²) in [6, 6.07) is 11.8. The predicted octanol–water partition coefficient (Wildman–Crippen LogP) is 4.18. The van der Waals surface area contributed by atoms with Crippen LogP contribution in [0.4, 0.5) is 0 Å². The topological polar surface area (TPSA) is 46.2 Å². The highest BCUT2D eigenvalue weighted by molar-refractivity contribution is 14.1. The molecule has 0 saturated heterocycles. The van der Waals surface area contributed by atoms with Crippen LogP contribution in [0.25, 0.3) is 0 Å². The molecule has 1 aliphatic rings. The van der Waals surface area contributed by atoms with Gasteiger partial charge in [0, 0.05) is 3.57 Å². The average Bonchev–Trinajstić information content (AvgIpc) is 3.17. The summed E-state index contributed by atoms with van der Waals surface area (Å²) in [6.07, 6.45) is 1.69. The highest BCUT2D eigenvalue weighted by Crippen LogP contribution is 2.48. The number of hydrogen-bond donors (Lipinski definition) is 1. The molecule has 5 heteroatoms. The van der Waals surface area contributed by atoms with Gasteiger partial charge in [-0.2, -0.15) is 0 Å². The quantitative estimate of drug-likeness (QED) is 0.724. The molecule has 0 atom stereocenters. The molecule has 122 valence electrons. The van der Waals surface area contributed by atoms with E-state index in [2.05, 4.69) is 27.3 Å². The monoisotopic (exact) mass is 441 g/mol. The third-order valence-electron chi connectivity index (χ3n) is 4.34. The zero-order valence-electron chi connectivity index (χ0n) is 13.5. The van der Waals surface area contributed by atoms with Gasteiger partial charge in [-0.3, -0.25) is 0 Å². The Morgan fingerprint density at radius 1 is 1.04 bits per heavy atom. The van der Waals surface area contributed by atoms with Crippen LogP contribution in [0.2, 0.25) is 0 Å². The van der Waals surface area contributed by atoms with Gasteiger partial charge in [0.25, 0.3) is 0 Å². The molecule has 0 amide bonds. The maximum atomic E-state index is 13.0. The number of benzene rings is 2. The zero-order chi connectivity index (χ0) is 16.8. The second kappa shape index (κ2) is 5.86. The lowest BCUT2D eigenvalue weighted by Crippen LogP contribution is -2.36. The Morgan fingerprint density at radius 3 is 2.13 bits per heavy atom. The molecule has 2 aromatic rings. The molecule has 0 aromatic heterocycles. The van der Waals surface area contributed by atoms with Gasteiger partial charge in [-0.15, -0.1) is 0 Å². The number of sulfonamides is 1. The van der Waals surface area contributed by atoms with E-state index >= 15 is 0 Å². The number of rotatable bonds is 4. The summed E-state index contributed by atoms with van der Waals surface area (Å²) >= 11 is 2.27. The first-order valence-corrected chi connectivity index (χ1v) is 10.2. The lowest BCUT2D eigenvalue weighted by Gasteiger charge is -2.21. The standard InChI is InChI=1S/C18H20INO2S/c1-12-10-13(2)17(14(3)11-12)23(21,22)20-18(8-9-18)15-6-4-5-7-16(15)19/h4-7,10-11,20H,8-9H2,1-3H3. The van der Waals surface area contributed by atoms with Crippen LogP contribution in [0.15, 0.2) is 41.3 Å². The van der Waals surface area contributed by atoms with E-state index in [1.807, 2.05) is 57.2 Å². The first kappa shape index (κ1) is 16.9. The number of hydrogen-bond acceptors (Lipinski definition) is 2. The van der Waals surface area contributed by atoms with Crippen molar-refractivity contribution in [1.29, 1.82) is 0 Å². The lowest BCUT2D eigenvalue weighted by molar-refractivity contribution is 0.549. The van der Waals surface area contributed by atoms with Crippen LogP contribution in [-0.4, -0.2) is 8.42 Å². The van der Waals surface area contributed by atoms with Crippen molar-refractivity contribution in [3.05, 3.63) is 62.2 Å². The van der Waals surface area contributed by atoms with E-state index in [4.69, 9.17) is 0 Å². The zero-order valence-corrected chi connectivity index (χ0v) is 16.5. The van der Waals surface area contributed by atoms with Crippen molar-refractivity contribution in [3.8, 4) is 0 Å². The number of halogens is 1. The van der Waals surface area contributed by atoms with E-state index in [0.29, 0.717) is 4.90 Å². The smallest absolute Gasteiger partial charge is 0.207 e. The molecule has 0 aliphatic heterocycles. The van der Waals surface area contributed by atoms with Crippen LogP contribution in [0.3, 0.4) is 0 Å². The molecule has 0 radical (unpaired) electrons. The summed E-state index contributed by atoms with van der Waals surface area (Å²) in [7, 11) is -3.55. The maximum absolute atomic E-state index is 13.0. The largest absolute Gasteiger partial charge is 0.241 e. The highest BCUT2D eigenvalue weighted by atomic mass is 127. The molecule has 1 N–H and O–H groups in total. The second-order valence-corrected chi connectivity index (χ2v) is 9.18. The van der Waals surface area contributed by atoms with Crippen molar-refractivity contribution in [2.45, 2.75) is 44.0 Å². The van der Waals surface area contributed by atoms with Crippen molar-refractivity contribution in [2.24, 2.45) is 0 Å². The number of nitrogens with one attached hydrogen (secondary N) is 1.